The summed E-state index contributed by atoms with van der Waals surface area (Å²) in [7, 11) is 1.86. The predicted octanol–water partition coefficient (Wildman–Crippen LogP) is 2.81. The highest BCUT2D eigenvalue weighted by molar-refractivity contribution is 5.96. The normalized spacial score (nSPS) is 12.3. The van der Waals surface area contributed by atoms with Crippen LogP contribution in [0.15, 0.2) is 18.2 Å². The van der Waals surface area contributed by atoms with Crippen LogP contribution in [0.4, 0.5) is 0 Å². The summed E-state index contributed by atoms with van der Waals surface area (Å²) in [5.74, 6) is 5.83. The van der Waals surface area contributed by atoms with Crippen molar-refractivity contribution in [3.8, 4) is 11.8 Å². The molecule has 0 heterocycles. The van der Waals surface area contributed by atoms with Gasteiger partial charge >= 0.3 is 0 Å². The smallest absolute Gasteiger partial charge is 0.254 e. The van der Waals surface area contributed by atoms with E-state index in [-0.39, 0.29) is 17.4 Å². The summed E-state index contributed by atoms with van der Waals surface area (Å²) in [6.07, 6.45) is 0. The molecule has 0 radical (unpaired) electrons. The van der Waals surface area contributed by atoms with Crippen LogP contribution in [0, 0.1) is 24.2 Å². The van der Waals surface area contributed by atoms with Crippen molar-refractivity contribution in [2.45, 2.75) is 40.7 Å². The van der Waals surface area contributed by atoms with Gasteiger partial charge in [-0.25, -0.2) is 0 Å². The van der Waals surface area contributed by atoms with Gasteiger partial charge in [0.15, 0.2) is 0 Å². The third kappa shape index (κ3) is 4.34. The van der Waals surface area contributed by atoms with E-state index >= 15 is 0 Å². The summed E-state index contributed by atoms with van der Waals surface area (Å²) in [6, 6.07) is 5.85. The van der Waals surface area contributed by atoms with Gasteiger partial charge in [0, 0.05) is 24.2 Å². The minimum Gasteiger partial charge on any atom is -0.338 e. The van der Waals surface area contributed by atoms with E-state index in [1.54, 1.807) is 0 Å². The first-order chi connectivity index (χ1) is 9.68. The predicted molar refractivity (Wildman–Crippen MR) is 88.1 cm³/mol. The van der Waals surface area contributed by atoms with E-state index in [2.05, 4.69) is 39.5 Å². The van der Waals surface area contributed by atoms with E-state index in [1.165, 1.54) is 0 Å². The molecule has 3 heteroatoms. The Kier molecular flexibility index (Phi) is 5.57. The lowest BCUT2D eigenvalue weighted by Crippen LogP contribution is -2.43. The van der Waals surface area contributed by atoms with Crippen molar-refractivity contribution < 1.29 is 4.79 Å². The molecule has 0 fully saturated rings. The average molecular weight is 286 g/mol. The molecular weight excluding hydrogens is 260 g/mol. The largest absolute Gasteiger partial charge is 0.338 e. The van der Waals surface area contributed by atoms with Crippen molar-refractivity contribution >= 4 is 5.91 Å². The molecule has 0 aliphatic rings. The van der Waals surface area contributed by atoms with Crippen LogP contribution in [0.5, 0.6) is 0 Å². The second-order valence-corrected chi connectivity index (χ2v) is 6.49. The fraction of sp³-hybridized carbons (Fsp3) is 0.500. The molecule has 0 aromatic heterocycles. The van der Waals surface area contributed by atoms with Crippen molar-refractivity contribution in [3.63, 3.8) is 0 Å². The lowest BCUT2D eigenvalue weighted by Gasteiger charge is -2.35. The molecule has 3 nitrogen and oxygen atoms in total. The summed E-state index contributed by atoms with van der Waals surface area (Å²) < 4.78 is 0. The summed E-state index contributed by atoms with van der Waals surface area (Å²) in [6.45, 7) is 10.7. The van der Waals surface area contributed by atoms with E-state index in [1.807, 2.05) is 37.1 Å². The van der Waals surface area contributed by atoms with Gasteiger partial charge in [-0.1, -0.05) is 38.7 Å². The van der Waals surface area contributed by atoms with Crippen LogP contribution in [-0.2, 0) is 0 Å². The molecule has 0 aliphatic carbocycles. The first-order valence-corrected chi connectivity index (χ1v) is 7.25. The molecule has 21 heavy (non-hydrogen) atoms. The number of nitrogens with two attached hydrogens (primary N) is 1. The number of aryl methyl sites for hydroxylation is 1. The quantitative estimate of drug-likeness (QED) is 0.850. The van der Waals surface area contributed by atoms with Crippen LogP contribution in [0.1, 0.15) is 49.2 Å². The number of amides is 1. The molecule has 1 amide bonds. The van der Waals surface area contributed by atoms with Gasteiger partial charge in [-0.15, -0.1) is 0 Å². The first kappa shape index (κ1) is 17.3. The highest BCUT2D eigenvalue weighted by Crippen LogP contribution is 2.25. The van der Waals surface area contributed by atoms with Crippen molar-refractivity contribution in [2.24, 2.45) is 11.1 Å². The maximum atomic E-state index is 12.7. The number of hydrogen-bond acceptors (Lipinski definition) is 2. The highest BCUT2D eigenvalue weighted by Gasteiger charge is 2.28. The molecule has 0 bridgehead atoms. The summed E-state index contributed by atoms with van der Waals surface area (Å²) in [5, 5.41) is 0. The van der Waals surface area contributed by atoms with Gasteiger partial charge in [-0.3, -0.25) is 4.79 Å². The number of benzene rings is 1. The van der Waals surface area contributed by atoms with Gasteiger partial charge in [-0.05, 0) is 37.0 Å². The SMILES string of the molecule is Cc1ccc(C#CCN)cc1C(=O)N(C)C(C)C(C)(C)C. The molecule has 0 aliphatic heterocycles. The molecule has 114 valence electrons. The third-order valence-corrected chi connectivity index (χ3v) is 3.96. The first-order valence-electron chi connectivity index (χ1n) is 7.25. The standard InChI is InChI=1S/C18H26N2O/c1-13-9-10-15(8-7-11-19)12-16(13)17(21)20(6)14(2)18(3,4)5/h9-10,12,14H,11,19H2,1-6H3. The van der Waals surface area contributed by atoms with E-state index in [0.29, 0.717) is 12.1 Å². The van der Waals surface area contributed by atoms with Crippen LogP contribution in [0.2, 0.25) is 0 Å². The molecule has 1 aromatic carbocycles. The molecule has 0 spiro atoms. The second kappa shape index (κ2) is 6.78. The second-order valence-electron chi connectivity index (χ2n) is 6.49. The lowest BCUT2D eigenvalue weighted by atomic mass is 9.86. The van der Waals surface area contributed by atoms with Crippen molar-refractivity contribution in [1.82, 2.24) is 4.90 Å². The van der Waals surface area contributed by atoms with Crippen LogP contribution < -0.4 is 5.73 Å². The van der Waals surface area contributed by atoms with Gasteiger partial charge in [-0.2, -0.15) is 0 Å². The Balaban J connectivity index is 3.12. The van der Waals surface area contributed by atoms with Crippen molar-refractivity contribution in [1.29, 1.82) is 0 Å². The van der Waals surface area contributed by atoms with Crippen LogP contribution in [0.25, 0.3) is 0 Å². The molecule has 2 N–H and O–H groups in total. The fourth-order valence-electron chi connectivity index (χ4n) is 2.03. The molecule has 1 aromatic rings. The topological polar surface area (TPSA) is 46.3 Å². The third-order valence-electron chi connectivity index (χ3n) is 3.96. The van der Waals surface area contributed by atoms with Crippen LogP contribution in [0.3, 0.4) is 0 Å². The zero-order valence-electron chi connectivity index (χ0n) is 13.9. The monoisotopic (exact) mass is 286 g/mol. The molecular formula is C18H26N2O. The van der Waals surface area contributed by atoms with Gasteiger partial charge in [0.05, 0.1) is 6.54 Å². The number of rotatable bonds is 2. The van der Waals surface area contributed by atoms with E-state index < -0.39 is 0 Å². The summed E-state index contributed by atoms with van der Waals surface area (Å²) in [5.41, 5.74) is 7.92. The Bertz CT molecular complexity index is 573. The maximum Gasteiger partial charge on any atom is 0.254 e. The minimum absolute atomic E-state index is 0.0336. The summed E-state index contributed by atoms with van der Waals surface area (Å²) >= 11 is 0. The molecule has 0 saturated heterocycles. The molecule has 0 saturated carbocycles. The Hall–Kier alpha value is -1.79. The van der Waals surface area contributed by atoms with Gasteiger partial charge in [0.25, 0.3) is 5.91 Å². The number of hydrogen-bond donors (Lipinski definition) is 1. The maximum absolute atomic E-state index is 12.7. The van der Waals surface area contributed by atoms with Gasteiger partial charge in [0.1, 0.15) is 0 Å². The van der Waals surface area contributed by atoms with Gasteiger partial charge in [0.2, 0.25) is 0 Å². The fourth-order valence-corrected chi connectivity index (χ4v) is 2.03. The number of carbonyl (C=O) groups is 1. The minimum atomic E-state index is 0.0336. The molecule has 1 atom stereocenters. The van der Waals surface area contributed by atoms with Crippen LogP contribution in [-0.4, -0.2) is 30.4 Å². The zero-order valence-corrected chi connectivity index (χ0v) is 13.9. The Morgan fingerprint density at radius 1 is 1.38 bits per heavy atom. The lowest BCUT2D eigenvalue weighted by molar-refractivity contribution is 0.0628. The zero-order chi connectivity index (χ0) is 16.2. The Labute approximate surface area is 128 Å². The van der Waals surface area contributed by atoms with E-state index in [4.69, 9.17) is 5.73 Å². The van der Waals surface area contributed by atoms with E-state index in [9.17, 15) is 4.79 Å². The van der Waals surface area contributed by atoms with Gasteiger partial charge < -0.3 is 10.6 Å². The van der Waals surface area contributed by atoms with Crippen LogP contribution >= 0.6 is 0 Å². The average Bonchev–Trinajstić information content (AvgIpc) is 2.43. The molecule has 1 unspecified atom stereocenters. The summed E-state index contributed by atoms with van der Waals surface area (Å²) in [4.78, 5) is 14.5. The van der Waals surface area contributed by atoms with Crippen molar-refractivity contribution in [3.05, 3.63) is 34.9 Å². The Morgan fingerprint density at radius 2 is 2.00 bits per heavy atom. The molecule has 1 rings (SSSR count). The van der Waals surface area contributed by atoms with Crippen molar-refractivity contribution in [2.75, 3.05) is 13.6 Å². The number of nitrogens with zero attached hydrogens (tertiary/aromatic N) is 1. The number of carbonyl (C=O) groups excluding carboxylic acids is 1. The van der Waals surface area contributed by atoms with E-state index in [0.717, 1.165) is 11.1 Å². The highest BCUT2D eigenvalue weighted by atomic mass is 16.2. The Morgan fingerprint density at radius 3 is 2.52 bits per heavy atom.